The molecular formula is C14H21N3O3. The molecule has 0 radical (unpaired) electrons. The summed E-state index contributed by atoms with van der Waals surface area (Å²) >= 11 is 0. The van der Waals surface area contributed by atoms with Crippen molar-refractivity contribution < 1.29 is 14.7 Å². The Hall–Kier alpha value is -2.11. The number of carbonyl (C=O) groups excluding carboxylic acids is 1. The summed E-state index contributed by atoms with van der Waals surface area (Å²) in [6.45, 7) is 4.11. The molecule has 0 fully saturated rings. The van der Waals surface area contributed by atoms with Crippen LogP contribution in [0.15, 0.2) is 18.3 Å². The number of amides is 2. The van der Waals surface area contributed by atoms with Crippen LogP contribution in [-0.4, -0.2) is 28.1 Å². The second-order valence-corrected chi connectivity index (χ2v) is 4.60. The summed E-state index contributed by atoms with van der Waals surface area (Å²) in [7, 11) is 0. The lowest BCUT2D eigenvalue weighted by molar-refractivity contribution is -0.136. The first-order valence-electron chi connectivity index (χ1n) is 6.79. The normalized spacial score (nSPS) is 11.7. The molecule has 1 atom stereocenters. The second-order valence-electron chi connectivity index (χ2n) is 4.60. The lowest BCUT2D eigenvalue weighted by Crippen LogP contribution is -2.37. The maximum Gasteiger partial charge on any atom is 0.319 e. The van der Waals surface area contributed by atoms with Gasteiger partial charge in [0.1, 0.15) is 0 Å². The van der Waals surface area contributed by atoms with Gasteiger partial charge in [-0.3, -0.25) is 9.78 Å². The average molecular weight is 279 g/mol. The third-order valence-electron chi connectivity index (χ3n) is 2.88. The van der Waals surface area contributed by atoms with Crippen molar-refractivity contribution in [3.05, 3.63) is 24.0 Å². The van der Waals surface area contributed by atoms with E-state index in [2.05, 4.69) is 22.5 Å². The fourth-order valence-corrected chi connectivity index (χ4v) is 1.84. The molecule has 0 aliphatic carbocycles. The molecule has 0 aliphatic heterocycles. The Kier molecular flexibility index (Phi) is 6.49. The van der Waals surface area contributed by atoms with E-state index in [9.17, 15) is 9.59 Å². The number of pyridine rings is 1. The van der Waals surface area contributed by atoms with Crippen LogP contribution in [0.5, 0.6) is 0 Å². The number of rotatable bonds is 7. The summed E-state index contributed by atoms with van der Waals surface area (Å²) in [5.41, 5.74) is 1.00. The molecule has 0 spiro atoms. The summed E-state index contributed by atoms with van der Waals surface area (Å²) in [5, 5.41) is 14.2. The first-order valence-corrected chi connectivity index (χ1v) is 6.79. The Labute approximate surface area is 118 Å². The molecule has 0 bridgehead atoms. The minimum Gasteiger partial charge on any atom is -0.481 e. The number of carboxylic acids is 1. The van der Waals surface area contributed by atoms with Gasteiger partial charge in [-0.2, -0.15) is 0 Å². The van der Waals surface area contributed by atoms with Gasteiger partial charge in [-0.1, -0.05) is 20.3 Å². The van der Waals surface area contributed by atoms with Crippen molar-refractivity contribution in [1.29, 1.82) is 0 Å². The molecule has 6 heteroatoms. The number of aliphatic carboxylic acids is 1. The lowest BCUT2D eigenvalue weighted by Gasteiger charge is -2.16. The molecular weight excluding hydrogens is 258 g/mol. The van der Waals surface area contributed by atoms with Crippen LogP contribution in [-0.2, 0) is 11.2 Å². The van der Waals surface area contributed by atoms with Gasteiger partial charge < -0.3 is 15.7 Å². The topological polar surface area (TPSA) is 91.3 Å². The highest BCUT2D eigenvalue weighted by Crippen LogP contribution is 2.07. The predicted octanol–water partition coefficient (Wildman–Crippen LogP) is 2.41. The molecule has 1 aromatic rings. The van der Waals surface area contributed by atoms with E-state index in [1.54, 1.807) is 12.1 Å². The Bertz CT molecular complexity index is 445. The summed E-state index contributed by atoms with van der Waals surface area (Å²) in [4.78, 5) is 26.3. The third kappa shape index (κ3) is 5.69. The van der Waals surface area contributed by atoms with Crippen LogP contribution in [0.4, 0.5) is 10.5 Å². The van der Waals surface area contributed by atoms with Crippen molar-refractivity contribution in [2.75, 3.05) is 5.32 Å². The molecule has 0 aromatic carbocycles. The van der Waals surface area contributed by atoms with Crippen LogP contribution in [0, 0.1) is 0 Å². The molecule has 0 saturated carbocycles. The van der Waals surface area contributed by atoms with Crippen LogP contribution in [0.2, 0.25) is 0 Å². The first-order chi connectivity index (χ1) is 9.55. The second kappa shape index (κ2) is 8.14. The smallest absolute Gasteiger partial charge is 0.319 e. The standard InChI is InChI=1S/C14H21N3O3/c1-3-5-10(4-2)16-14(20)17-12-7-6-11(15-9-12)8-13(18)19/h6-7,9-10H,3-5,8H2,1-2H3,(H,18,19)(H2,16,17,20). The summed E-state index contributed by atoms with van der Waals surface area (Å²) in [5.74, 6) is -0.929. The fraction of sp³-hybridized carbons (Fsp3) is 0.500. The molecule has 1 heterocycles. The molecule has 1 rings (SSSR count). The number of urea groups is 1. The maximum absolute atomic E-state index is 11.8. The van der Waals surface area contributed by atoms with E-state index in [1.165, 1.54) is 6.20 Å². The zero-order valence-electron chi connectivity index (χ0n) is 11.8. The SMILES string of the molecule is CCCC(CC)NC(=O)Nc1ccc(CC(=O)O)nc1. The monoisotopic (exact) mass is 279 g/mol. The fourth-order valence-electron chi connectivity index (χ4n) is 1.84. The largest absolute Gasteiger partial charge is 0.481 e. The van der Waals surface area contributed by atoms with Crippen molar-refractivity contribution in [2.45, 2.75) is 45.6 Å². The van der Waals surface area contributed by atoms with Crippen LogP contribution in [0.1, 0.15) is 38.8 Å². The number of nitrogens with zero attached hydrogens (tertiary/aromatic N) is 1. The van der Waals surface area contributed by atoms with Gasteiger partial charge in [0.2, 0.25) is 0 Å². The van der Waals surface area contributed by atoms with Gasteiger partial charge in [0, 0.05) is 6.04 Å². The number of carbonyl (C=O) groups is 2. The zero-order chi connectivity index (χ0) is 15.0. The molecule has 0 aliphatic rings. The number of aromatic nitrogens is 1. The van der Waals surface area contributed by atoms with E-state index in [0.29, 0.717) is 11.4 Å². The predicted molar refractivity (Wildman–Crippen MR) is 76.7 cm³/mol. The van der Waals surface area contributed by atoms with Gasteiger partial charge >= 0.3 is 12.0 Å². The highest BCUT2D eigenvalue weighted by molar-refractivity contribution is 5.89. The van der Waals surface area contributed by atoms with Gasteiger partial charge in [-0.05, 0) is 25.0 Å². The van der Waals surface area contributed by atoms with E-state index in [4.69, 9.17) is 5.11 Å². The van der Waals surface area contributed by atoms with Crippen molar-refractivity contribution in [3.8, 4) is 0 Å². The van der Waals surface area contributed by atoms with E-state index in [-0.39, 0.29) is 18.5 Å². The van der Waals surface area contributed by atoms with Crippen molar-refractivity contribution in [3.63, 3.8) is 0 Å². The minimum absolute atomic E-state index is 0.124. The van der Waals surface area contributed by atoms with E-state index < -0.39 is 5.97 Å². The van der Waals surface area contributed by atoms with E-state index in [1.807, 2.05) is 6.92 Å². The summed E-state index contributed by atoms with van der Waals surface area (Å²) in [6, 6.07) is 3.14. The quantitative estimate of drug-likeness (QED) is 0.714. The molecule has 110 valence electrons. The van der Waals surface area contributed by atoms with E-state index >= 15 is 0 Å². The summed E-state index contributed by atoms with van der Waals surface area (Å²) in [6.07, 6.45) is 4.18. The van der Waals surface area contributed by atoms with Crippen LogP contribution < -0.4 is 10.6 Å². The minimum atomic E-state index is -0.929. The number of carboxylic acid groups (broad SMARTS) is 1. The number of hydrogen-bond donors (Lipinski definition) is 3. The average Bonchev–Trinajstić information content (AvgIpc) is 2.40. The zero-order valence-corrected chi connectivity index (χ0v) is 11.8. The first kappa shape index (κ1) is 15.9. The Morgan fingerprint density at radius 3 is 2.60 bits per heavy atom. The van der Waals surface area contributed by atoms with Crippen LogP contribution >= 0.6 is 0 Å². The van der Waals surface area contributed by atoms with Crippen LogP contribution in [0.3, 0.4) is 0 Å². The molecule has 20 heavy (non-hydrogen) atoms. The molecule has 1 aromatic heterocycles. The Balaban J connectivity index is 2.51. The van der Waals surface area contributed by atoms with Gasteiger partial charge in [0.05, 0.1) is 24.0 Å². The molecule has 6 nitrogen and oxygen atoms in total. The highest BCUT2D eigenvalue weighted by Gasteiger charge is 2.09. The van der Waals surface area contributed by atoms with Crippen molar-refractivity contribution >= 4 is 17.7 Å². The van der Waals surface area contributed by atoms with Crippen molar-refractivity contribution in [1.82, 2.24) is 10.3 Å². The number of nitrogens with one attached hydrogen (secondary N) is 2. The third-order valence-corrected chi connectivity index (χ3v) is 2.88. The molecule has 0 saturated heterocycles. The van der Waals surface area contributed by atoms with Gasteiger partial charge in [0.25, 0.3) is 0 Å². The van der Waals surface area contributed by atoms with Crippen LogP contribution in [0.25, 0.3) is 0 Å². The van der Waals surface area contributed by atoms with Gasteiger partial charge in [-0.25, -0.2) is 4.79 Å². The van der Waals surface area contributed by atoms with Gasteiger partial charge in [0.15, 0.2) is 0 Å². The number of hydrogen-bond acceptors (Lipinski definition) is 3. The molecule has 2 amide bonds. The number of anilines is 1. The Morgan fingerprint density at radius 1 is 1.35 bits per heavy atom. The highest BCUT2D eigenvalue weighted by atomic mass is 16.4. The van der Waals surface area contributed by atoms with Gasteiger partial charge in [-0.15, -0.1) is 0 Å². The molecule has 1 unspecified atom stereocenters. The maximum atomic E-state index is 11.8. The van der Waals surface area contributed by atoms with Crippen molar-refractivity contribution in [2.24, 2.45) is 0 Å². The summed E-state index contributed by atoms with van der Waals surface area (Å²) < 4.78 is 0. The lowest BCUT2D eigenvalue weighted by atomic mass is 10.1. The molecule has 3 N–H and O–H groups in total. The van der Waals surface area contributed by atoms with E-state index in [0.717, 1.165) is 19.3 Å². The Morgan fingerprint density at radius 2 is 2.10 bits per heavy atom.